The molecular weight excluding hydrogens is 841 g/mol. The molecule has 0 aliphatic carbocycles. The molecule has 1 atom stereocenters. The summed E-state index contributed by atoms with van der Waals surface area (Å²) >= 11 is 0. The van der Waals surface area contributed by atoms with Crippen molar-refractivity contribution in [3.05, 3.63) is 72.9 Å². The third-order valence-corrected chi connectivity index (χ3v) is 12.4. The highest BCUT2D eigenvalue weighted by atomic mass is 16.6. The number of allylic oxidation sites excluding steroid dienone is 12. The molecule has 6 nitrogen and oxygen atoms in total. The summed E-state index contributed by atoms with van der Waals surface area (Å²) in [7, 11) is 0. The van der Waals surface area contributed by atoms with Crippen LogP contribution in [-0.2, 0) is 28.6 Å². The van der Waals surface area contributed by atoms with Crippen LogP contribution in [0.4, 0.5) is 0 Å². The highest BCUT2D eigenvalue weighted by Gasteiger charge is 2.19. The predicted molar refractivity (Wildman–Crippen MR) is 293 cm³/mol. The van der Waals surface area contributed by atoms with Gasteiger partial charge in [-0.2, -0.15) is 0 Å². The van der Waals surface area contributed by atoms with Crippen molar-refractivity contribution in [2.45, 2.75) is 290 Å². The molecule has 0 spiro atoms. The second kappa shape index (κ2) is 56.4. The second-order valence-electron chi connectivity index (χ2n) is 19.2. The first-order valence-electron chi connectivity index (χ1n) is 28.9. The fraction of sp³-hybridized carbons (Fsp3) is 0.758. The SMILES string of the molecule is CCC/C=C\CCCCCCCC(=O)OCC(COC(=O)CCCCCCCCCCCC/C=C\C/C=C\C/C=C\CCCCCCC)OC(=O)CCCCCCC/C=C\C/C=C\CCCCC. The Morgan fingerprint density at radius 1 is 0.294 bits per heavy atom. The van der Waals surface area contributed by atoms with Gasteiger partial charge in [-0.1, -0.05) is 229 Å². The molecule has 0 heterocycles. The van der Waals surface area contributed by atoms with Crippen molar-refractivity contribution in [3.8, 4) is 0 Å². The van der Waals surface area contributed by atoms with Crippen molar-refractivity contribution in [2.75, 3.05) is 13.2 Å². The Hall–Kier alpha value is -3.15. The van der Waals surface area contributed by atoms with Gasteiger partial charge >= 0.3 is 17.9 Å². The molecule has 0 aliphatic heterocycles. The lowest BCUT2D eigenvalue weighted by atomic mass is 10.1. The van der Waals surface area contributed by atoms with E-state index in [4.69, 9.17) is 14.2 Å². The van der Waals surface area contributed by atoms with Crippen LogP contribution in [-0.4, -0.2) is 37.2 Å². The summed E-state index contributed by atoms with van der Waals surface area (Å²) in [6, 6.07) is 0. The van der Waals surface area contributed by atoms with Gasteiger partial charge in [-0.15, -0.1) is 0 Å². The number of unbranched alkanes of at least 4 members (excludes halogenated alkanes) is 29. The summed E-state index contributed by atoms with van der Waals surface area (Å²) in [6.07, 6.45) is 71.9. The summed E-state index contributed by atoms with van der Waals surface area (Å²) < 4.78 is 16.8. The number of hydrogen-bond donors (Lipinski definition) is 0. The molecule has 0 saturated heterocycles. The molecule has 1 unspecified atom stereocenters. The van der Waals surface area contributed by atoms with Gasteiger partial charge in [0, 0.05) is 19.3 Å². The zero-order valence-corrected chi connectivity index (χ0v) is 44.9. The van der Waals surface area contributed by atoms with E-state index >= 15 is 0 Å². The lowest BCUT2D eigenvalue weighted by Crippen LogP contribution is -2.30. The van der Waals surface area contributed by atoms with E-state index in [9.17, 15) is 14.4 Å². The quantitative estimate of drug-likeness (QED) is 0.0262. The van der Waals surface area contributed by atoms with E-state index in [0.29, 0.717) is 19.3 Å². The molecule has 0 rings (SSSR count). The normalized spacial score (nSPS) is 12.6. The molecular formula is C62H108O6. The number of ether oxygens (including phenoxy) is 3. The minimum absolute atomic E-state index is 0.0855. The van der Waals surface area contributed by atoms with E-state index in [1.165, 1.54) is 135 Å². The molecule has 0 aromatic heterocycles. The van der Waals surface area contributed by atoms with Crippen LogP contribution in [0.5, 0.6) is 0 Å². The number of hydrogen-bond acceptors (Lipinski definition) is 6. The van der Waals surface area contributed by atoms with Crippen LogP contribution in [0.15, 0.2) is 72.9 Å². The minimum atomic E-state index is -0.787. The van der Waals surface area contributed by atoms with Gasteiger partial charge in [0.25, 0.3) is 0 Å². The van der Waals surface area contributed by atoms with Gasteiger partial charge in [0.05, 0.1) is 0 Å². The molecule has 68 heavy (non-hydrogen) atoms. The lowest BCUT2D eigenvalue weighted by molar-refractivity contribution is -0.167. The van der Waals surface area contributed by atoms with Crippen molar-refractivity contribution < 1.29 is 28.6 Å². The largest absolute Gasteiger partial charge is 0.462 e. The zero-order valence-electron chi connectivity index (χ0n) is 44.9. The van der Waals surface area contributed by atoms with Crippen molar-refractivity contribution in [2.24, 2.45) is 0 Å². The van der Waals surface area contributed by atoms with Gasteiger partial charge in [-0.3, -0.25) is 14.4 Å². The van der Waals surface area contributed by atoms with Crippen molar-refractivity contribution in [1.82, 2.24) is 0 Å². The number of carbonyl (C=O) groups excluding carboxylic acids is 3. The van der Waals surface area contributed by atoms with E-state index in [1.807, 2.05) is 0 Å². The molecule has 0 aromatic rings. The molecule has 0 aromatic carbocycles. The maximum atomic E-state index is 12.8. The topological polar surface area (TPSA) is 78.9 Å². The molecule has 0 bridgehead atoms. The average Bonchev–Trinajstić information content (AvgIpc) is 3.34. The van der Waals surface area contributed by atoms with Crippen LogP contribution in [0.2, 0.25) is 0 Å². The summed E-state index contributed by atoms with van der Waals surface area (Å²) in [5, 5.41) is 0. The van der Waals surface area contributed by atoms with E-state index < -0.39 is 6.10 Å². The predicted octanol–water partition coefficient (Wildman–Crippen LogP) is 19.4. The van der Waals surface area contributed by atoms with Crippen LogP contribution in [0, 0.1) is 0 Å². The van der Waals surface area contributed by atoms with Gasteiger partial charge in [-0.25, -0.2) is 0 Å². The Kier molecular flexibility index (Phi) is 53.8. The fourth-order valence-electron chi connectivity index (χ4n) is 8.01. The van der Waals surface area contributed by atoms with Gasteiger partial charge < -0.3 is 14.2 Å². The maximum absolute atomic E-state index is 12.8. The van der Waals surface area contributed by atoms with E-state index in [1.54, 1.807) is 0 Å². The van der Waals surface area contributed by atoms with Gasteiger partial charge in [0.15, 0.2) is 6.10 Å². The smallest absolute Gasteiger partial charge is 0.306 e. The molecule has 0 amide bonds. The Morgan fingerprint density at radius 2 is 0.559 bits per heavy atom. The Bertz CT molecular complexity index is 1270. The highest BCUT2D eigenvalue weighted by Crippen LogP contribution is 2.15. The first-order valence-corrected chi connectivity index (χ1v) is 28.9. The molecule has 0 fully saturated rings. The third kappa shape index (κ3) is 53.8. The molecule has 392 valence electrons. The fourth-order valence-corrected chi connectivity index (χ4v) is 8.01. The monoisotopic (exact) mass is 949 g/mol. The Labute approximate surface area is 421 Å². The first kappa shape index (κ1) is 64.8. The summed E-state index contributed by atoms with van der Waals surface area (Å²) in [5.41, 5.74) is 0. The van der Waals surface area contributed by atoms with Crippen LogP contribution < -0.4 is 0 Å². The van der Waals surface area contributed by atoms with E-state index in [2.05, 4.69) is 93.7 Å². The summed E-state index contributed by atoms with van der Waals surface area (Å²) in [5.74, 6) is -0.909. The van der Waals surface area contributed by atoms with Crippen molar-refractivity contribution in [1.29, 1.82) is 0 Å². The van der Waals surface area contributed by atoms with Gasteiger partial charge in [-0.05, 0) is 109 Å². The first-order chi connectivity index (χ1) is 33.5. The van der Waals surface area contributed by atoms with Crippen LogP contribution in [0.3, 0.4) is 0 Å². The molecule has 0 saturated carbocycles. The minimum Gasteiger partial charge on any atom is -0.462 e. The van der Waals surface area contributed by atoms with Crippen LogP contribution in [0.1, 0.15) is 284 Å². The Balaban J connectivity index is 4.26. The average molecular weight is 950 g/mol. The Morgan fingerprint density at radius 3 is 0.926 bits per heavy atom. The second-order valence-corrected chi connectivity index (χ2v) is 19.2. The van der Waals surface area contributed by atoms with Crippen molar-refractivity contribution in [3.63, 3.8) is 0 Å². The molecule has 0 N–H and O–H groups in total. The van der Waals surface area contributed by atoms with Crippen LogP contribution in [0.25, 0.3) is 0 Å². The lowest BCUT2D eigenvalue weighted by Gasteiger charge is -2.18. The van der Waals surface area contributed by atoms with Gasteiger partial charge in [0.1, 0.15) is 13.2 Å². The van der Waals surface area contributed by atoms with Crippen LogP contribution >= 0.6 is 0 Å². The summed E-state index contributed by atoms with van der Waals surface area (Å²) in [6.45, 7) is 6.53. The zero-order chi connectivity index (χ0) is 49.3. The number of esters is 3. The summed E-state index contributed by atoms with van der Waals surface area (Å²) in [4.78, 5) is 38.0. The molecule has 6 heteroatoms. The van der Waals surface area contributed by atoms with E-state index in [0.717, 1.165) is 109 Å². The maximum Gasteiger partial charge on any atom is 0.306 e. The van der Waals surface area contributed by atoms with E-state index in [-0.39, 0.29) is 31.1 Å². The third-order valence-electron chi connectivity index (χ3n) is 12.4. The van der Waals surface area contributed by atoms with Crippen molar-refractivity contribution >= 4 is 17.9 Å². The van der Waals surface area contributed by atoms with Gasteiger partial charge in [0.2, 0.25) is 0 Å². The highest BCUT2D eigenvalue weighted by molar-refractivity contribution is 5.71. The molecule has 0 aliphatic rings. The number of carbonyl (C=O) groups is 3. The standard InChI is InChI=1S/C62H108O6/c1-4-7-10-13-16-19-22-24-26-27-28-29-30-31-32-33-34-35-37-38-40-43-46-49-52-55-61(64)67-58-59(57-66-60(63)54-51-48-45-42-21-18-15-12-9-6-3)68-62(65)56-53-50-47-44-41-39-36-25-23-20-17-14-11-8-5-2/h12,15,17,20,22,24-25,27-28,30-31,36,59H,4-11,13-14,16,18-19,21,23,26,29,32-35,37-58H2,1-3H3/b15-12-,20-17-,24-22-,28-27-,31-30-,36-25-. The molecule has 0 radical (unpaired) electrons. The number of rotatable bonds is 52.